The number of aliphatic carboxylic acids is 1. The van der Waals surface area contributed by atoms with Gasteiger partial charge in [-0.15, -0.1) is 24.5 Å². The van der Waals surface area contributed by atoms with Crippen molar-refractivity contribution in [3.8, 4) is 51.4 Å². The maximum Gasteiger partial charge on any atom is 0.417 e. The highest BCUT2D eigenvalue weighted by Crippen LogP contribution is 2.52. The lowest BCUT2D eigenvalue weighted by molar-refractivity contribution is -0.151. The van der Waals surface area contributed by atoms with Gasteiger partial charge in [-0.25, -0.2) is 38.7 Å². The molecule has 2 saturated heterocycles. The summed E-state index contributed by atoms with van der Waals surface area (Å²) in [5.41, 5.74) is -0.967. The SMILES string of the molecule is C=CC1C[C@]1(NC(=O)[C@@H]1C[C@@H](Oc2cc(-c3ccccc3)nc3cc(OC)ccc23)CN1C(=O)[C@@H](NC(=O)OC(C)(C)C)C(C)(C)C)C(=O)NCCc1ccc(P(C)(=O)OCC)cc1.C=C[C@@H]1C[C@]1(NC(=O)[C@@H]1C[C@@H](Oc2cc(-c3csc(NC(C)C)n3)nc3cc(OCP(=O)(Oc4ccccc4)O[C@@H](C)C(=O)OCC)ccc23)CN1C(=O)[C@@H](NC(=O)OC1CCCC1)C(C)(C)C)C(=O)O. The van der Waals surface area contributed by atoms with E-state index in [9.17, 15) is 57.4 Å². The molecule has 33 nitrogen and oxygen atoms in total. The molecule has 3 aromatic heterocycles. The van der Waals surface area contributed by atoms with E-state index in [0.717, 1.165) is 36.8 Å². The summed E-state index contributed by atoms with van der Waals surface area (Å²) in [4.78, 5) is 142. The Morgan fingerprint density at radius 3 is 1.69 bits per heavy atom. The normalized spacial score (nSPS) is 21.3. The quantitative estimate of drug-likeness (QED) is 0.00823. The highest BCUT2D eigenvalue weighted by Gasteiger charge is 2.63. The third-order valence-electron chi connectivity index (χ3n) is 23.9. The van der Waals surface area contributed by atoms with Gasteiger partial charge in [0.05, 0.1) is 55.8 Å². The van der Waals surface area contributed by atoms with Crippen LogP contribution in [0.25, 0.3) is 44.5 Å². The van der Waals surface area contributed by atoms with Crippen molar-refractivity contribution in [2.45, 2.75) is 226 Å². The summed E-state index contributed by atoms with van der Waals surface area (Å²) in [6, 6.07) is 34.8. The largest absolute Gasteiger partial charge is 0.497 e. The van der Waals surface area contributed by atoms with Crippen molar-refractivity contribution >= 4 is 112 Å². The topological polar surface area (TPSA) is 418 Å². The Morgan fingerprint density at radius 1 is 0.630 bits per heavy atom. The molecular formula is C99H125N11O22P2S. The third kappa shape index (κ3) is 25.6. The molecule has 13 rings (SSSR count). The lowest BCUT2D eigenvalue weighted by Gasteiger charge is -2.36. The summed E-state index contributed by atoms with van der Waals surface area (Å²) in [6.45, 7) is 34.7. The van der Waals surface area contributed by atoms with Gasteiger partial charge in [-0.3, -0.25) is 33.1 Å². The molecule has 5 aromatic carbocycles. The predicted octanol–water partition coefficient (Wildman–Crippen LogP) is 15.5. The molecule has 2 aliphatic heterocycles. The van der Waals surface area contributed by atoms with Crippen LogP contribution in [-0.2, 0) is 72.4 Å². The van der Waals surface area contributed by atoms with Crippen LogP contribution in [0.3, 0.4) is 0 Å². The molecule has 135 heavy (non-hydrogen) atoms. The average molecular weight is 1920 g/mol. The highest BCUT2D eigenvalue weighted by molar-refractivity contribution is 7.66. The zero-order chi connectivity index (χ0) is 97.9. The van der Waals surface area contributed by atoms with E-state index in [-0.39, 0.29) is 81.0 Å². The average Bonchev–Trinajstić information content (AvgIpc) is 1.59. The van der Waals surface area contributed by atoms with Gasteiger partial charge in [-0.2, -0.15) is 0 Å². The molecule has 724 valence electrons. The zero-order valence-corrected chi connectivity index (χ0v) is 82.0. The second kappa shape index (κ2) is 42.9. The molecule has 3 saturated carbocycles. The Balaban J connectivity index is 0.000000244. The maximum absolute atomic E-state index is 14.8. The van der Waals surface area contributed by atoms with Crippen LogP contribution >= 0.6 is 26.3 Å². The van der Waals surface area contributed by atoms with Crippen LogP contribution in [0, 0.1) is 22.7 Å². The fourth-order valence-corrected chi connectivity index (χ4v) is 20.3. The number of rotatable bonds is 37. The Kier molecular flexibility index (Phi) is 32.4. The molecule has 0 radical (unpaired) electrons. The van der Waals surface area contributed by atoms with E-state index in [1.54, 1.807) is 142 Å². The van der Waals surface area contributed by atoms with E-state index in [1.165, 1.54) is 34.1 Å². The number of thiazole rings is 1. The van der Waals surface area contributed by atoms with Crippen LogP contribution in [0.2, 0.25) is 0 Å². The number of fused-ring (bicyclic) bond motifs is 2. The molecule has 13 atom stereocenters. The van der Waals surface area contributed by atoms with Crippen LogP contribution in [0.4, 0.5) is 14.7 Å². The first kappa shape index (κ1) is 102. The number of para-hydroxylation sites is 1. The predicted molar refractivity (Wildman–Crippen MR) is 513 cm³/mol. The van der Waals surface area contributed by atoms with E-state index in [1.807, 2.05) is 107 Å². The van der Waals surface area contributed by atoms with Gasteiger partial charge in [-0.05, 0) is 165 Å². The number of carboxylic acid groups (broad SMARTS) is 1. The minimum absolute atomic E-state index is 0.00106. The summed E-state index contributed by atoms with van der Waals surface area (Å²) < 4.78 is 85.6. The number of likely N-dealkylation sites (tertiary alicyclic amines) is 2. The van der Waals surface area contributed by atoms with Crippen molar-refractivity contribution in [2.75, 3.05) is 58.3 Å². The van der Waals surface area contributed by atoms with E-state index >= 15 is 0 Å². The smallest absolute Gasteiger partial charge is 0.417 e. The number of carbonyl (C=O) groups excluding carboxylic acids is 8. The summed E-state index contributed by atoms with van der Waals surface area (Å²) in [5, 5.41) is 32.1. The van der Waals surface area contributed by atoms with Crippen LogP contribution in [-0.4, -0.2) is 208 Å². The van der Waals surface area contributed by atoms with Crippen molar-refractivity contribution in [1.82, 2.24) is 51.3 Å². The second-order valence-corrected chi connectivity index (χ2v) is 43.2. The summed E-state index contributed by atoms with van der Waals surface area (Å²) in [7, 11) is -5.53. The van der Waals surface area contributed by atoms with Gasteiger partial charge in [0.2, 0.25) is 43.3 Å². The second-order valence-electron chi connectivity index (χ2n) is 38.0. The van der Waals surface area contributed by atoms with E-state index < -0.39 is 145 Å². The monoisotopic (exact) mass is 1910 g/mol. The first-order chi connectivity index (χ1) is 63.9. The molecular weight excluding hydrogens is 1790 g/mol. The summed E-state index contributed by atoms with van der Waals surface area (Å²) in [5.74, 6) is -3.61. The van der Waals surface area contributed by atoms with Crippen molar-refractivity contribution < 1.29 is 104 Å². The number of methoxy groups -OCH3 is 1. The maximum atomic E-state index is 14.8. The number of alkyl carbamates (subject to hydrolysis) is 2. The molecule has 7 N–H and O–H groups in total. The van der Waals surface area contributed by atoms with Crippen molar-refractivity contribution in [3.05, 3.63) is 170 Å². The number of nitrogens with zero attached hydrogens (tertiary/aromatic N) is 5. The minimum Gasteiger partial charge on any atom is -0.497 e. The molecule has 5 aliphatic rings. The van der Waals surface area contributed by atoms with Gasteiger partial charge in [0.25, 0.3) is 0 Å². The Bertz CT molecular complexity index is 5760. The van der Waals surface area contributed by atoms with Crippen LogP contribution < -0.4 is 60.7 Å². The molecule has 8 aromatic rings. The zero-order valence-electron chi connectivity index (χ0n) is 79.4. The van der Waals surface area contributed by atoms with Crippen LogP contribution in [0.1, 0.15) is 154 Å². The summed E-state index contributed by atoms with van der Waals surface area (Å²) >= 11 is 1.38. The standard InChI is InChI=1S/C50H63N6O13PS.C49H62N5O9P/c1-9-31-25-50(31,46(60)61)55-43(57)40-23-35(26-56(40)44(58)42(49(6,7)8)54-48(62)67-32-16-14-15-17-32)66-41-24-38(39-27-71-47(53-39)51-29(3)4)52-37-22-34(20-21-36(37)41)65-28-70(63,68-30(5)45(59)64-10-2)69-33-18-12-11-13-19-33;1-11-33-29-49(33,45(57)50-25-24-31-18-21-36(22-19-31)64(10,59)61-12-2)53-43(55)40-27-35(30-54(40)44(56)42(47(3,4)5)52-46(58)63-48(6,7)8)62-41-28-38(32-16-14-13-15-17-32)51-39-26-34(60-9)20-23-37(39)41/h9,11-13,18-22,24,27,29-32,35,40,42H,1,10,14-17,23,25-26,28H2,2-8H3,(H,51,53)(H,54,62)(H,55,57)(H,60,61);11,13-23,26,28,33,35,40,42H,1,12,24-25,27,29-30H2,2-10H3,(H,50,57)(H,52,58)(H,53,55)/t30-,31+,35+,40-,42+,50+,70?;33?,35-,40+,42-,49-,64?/m01/s1. The van der Waals surface area contributed by atoms with Gasteiger partial charge in [0.15, 0.2) is 11.2 Å². The lowest BCUT2D eigenvalue weighted by atomic mass is 9.85. The van der Waals surface area contributed by atoms with Crippen LogP contribution in [0.15, 0.2) is 164 Å². The number of aromatic nitrogens is 3. The van der Waals surface area contributed by atoms with E-state index in [2.05, 4.69) is 45.1 Å². The van der Waals surface area contributed by atoms with Gasteiger partial charge in [0, 0.05) is 95.2 Å². The van der Waals surface area contributed by atoms with Crippen molar-refractivity contribution in [2.24, 2.45) is 22.7 Å². The molecule has 3 unspecified atom stereocenters. The Labute approximate surface area is 791 Å². The number of pyridine rings is 2. The van der Waals surface area contributed by atoms with E-state index in [0.29, 0.717) is 86.0 Å². The number of hydrogen-bond donors (Lipinski definition) is 7. The highest BCUT2D eigenvalue weighted by atomic mass is 32.1. The first-order valence-electron chi connectivity index (χ1n) is 45.5. The van der Waals surface area contributed by atoms with Gasteiger partial charge in [0.1, 0.15) is 93.6 Å². The van der Waals surface area contributed by atoms with Crippen LogP contribution in [0.5, 0.6) is 28.7 Å². The lowest BCUT2D eigenvalue weighted by Crippen LogP contribution is -2.60. The number of benzene rings is 5. The van der Waals surface area contributed by atoms with Gasteiger partial charge >= 0.3 is 31.7 Å². The molecule has 3 aliphatic carbocycles. The van der Waals surface area contributed by atoms with Gasteiger partial charge in [-0.1, -0.05) is 114 Å². The number of amides is 7. The van der Waals surface area contributed by atoms with Crippen molar-refractivity contribution in [1.29, 1.82) is 0 Å². The number of carboxylic acids is 1. The Morgan fingerprint density at radius 2 is 1.16 bits per heavy atom. The molecule has 5 heterocycles. The third-order valence-corrected chi connectivity index (χ3v) is 28.2. The summed E-state index contributed by atoms with van der Waals surface area (Å²) in [6.07, 6.45) is 2.29. The van der Waals surface area contributed by atoms with E-state index in [4.69, 9.17) is 61.7 Å². The molecule has 0 spiro atoms. The Hall–Kier alpha value is -12.0. The minimum atomic E-state index is -4.19. The number of ether oxygens (including phenoxy) is 7. The van der Waals surface area contributed by atoms with Crippen molar-refractivity contribution in [3.63, 3.8) is 0 Å². The molecule has 7 amide bonds. The number of nitrogens with one attached hydrogen (secondary N) is 6. The fraction of sp³-hybridized carbons (Fsp3) is 0.475. The fourth-order valence-electron chi connectivity index (χ4n) is 16.6. The number of hydrogen-bond acceptors (Lipinski definition) is 26. The number of carbonyl (C=O) groups is 9. The first-order valence-corrected chi connectivity index (χ1v) is 50.2. The number of esters is 1. The molecule has 0 bridgehead atoms. The molecule has 5 fully saturated rings. The number of anilines is 1. The molecule has 36 heteroatoms. The van der Waals surface area contributed by atoms with Gasteiger partial charge < -0.3 is 89.0 Å².